The summed E-state index contributed by atoms with van der Waals surface area (Å²) in [5.41, 5.74) is 2.07. The van der Waals surface area contributed by atoms with Gasteiger partial charge in [-0.15, -0.1) is 0 Å². The van der Waals surface area contributed by atoms with Gasteiger partial charge in [0.2, 0.25) is 0 Å². The fourth-order valence-electron chi connectivity index (χ4n) is 1.61. The van der Waals surface area contributed by atoms with Crippen LogP contribution in [0.5, 0.6) is 0 Å². The highest BCUT2D eigenvalue weighted by Gasteiger charge is 2.15. The minimum Gasteiger partial charge on any atom is -0.464 e. The van der Waals surface area contributed by atoms with E-state index in [1.165, 1.54) is 7.11 Å². The molecule has 2 heterocycles. The van der Waals surface area contributed by atoms with Crippen LogP contribution in [-0.2, 0) is 11.8 Å². The molecule has 0 radical (unpaired) electrons. The first-order valence-electron chi connectivity index (χ1n) is 6.17. The number of carbonyl (C=O) groups is 1. The molecule has 0 aromatic carbocycles. The molecule has 0 N–H and O–H groups in total. The Morgan fingerprint density at radius 1 is 1.37 bits per heavy atom. The molecule has 19 heavy (non-hydrogen) atoms. The maximum atomic E-state index is 11.4. The zero-order valence-corrected chi connectivity index (χ0v) is 12.0. The van der Waals surface area contributed by atoms with Gasteiger partial charge in [-0.1, -0.05) is 19.9 Å². The molecule has 0 bridgehead atoms. The number of carbonyl (C=O) groups excluding carboxylic acids is 1. The largest absolute Gasteiger partial charge is 0.464 e. The number of methoxy groups -OCH3 is 1. The van der Waals surface area contributed by atoms with Gasteiger partial charge in [-0.3, -0.25) is 4.98 Å². The number of hydrogen-bond donors (Lipinski definition) is 0. The van der Waals surface area contributed by atoms with E-state index < -0.39 is 5.97 Å². The molecule has 2 rings (SSSR count). The van der Waals surface area contributed by atoms with Gasteiger partial charge in [0.05, 0.1) is 7.11 Å². The standard InChI is InChI=1S/C12H13N3O2.C2H6/c1-8-5-4-6-13-10(8)11-14-9(7-15(11)2)12(16)17-3;1-2/h4-7H,1-3H3;1-2H3. The van der Waals surface area contributed by atoms with E-state index in [-0.39, 0.29) is 5.69 Å². The molecule has 0 aliphatic carbocycles. The van der Waals surface area contributed by atoms with E-state index in [0.29, 0.717) is 5.82 Å². The lowest BCUT2D eigenvalue weighted by molar-refractivity contribution is 0.0594. The van der Waals surface area contributed by atoms with Crippen molar-refractivity contribution in [3.05, 3.63) is 35.8 Å². The second-order valence-corrected chi connectivity index (χ2v) is 3.72. The van der Waals surface area contributed by atoms with Crippen molar-refractivity contribution < 1.29 is 9.53 Å². The molecule has 0 atom stereocenters. The van der Waals surface area contributed by atoms with Crippen LogP contribution in [0.4, 0.5) is 0 Å². The highest BCUT2D eigenvalue weighted by molar-refractivity contribution is 5.87. The number of imidazole rings is 1. The molecular formula is C14H19N3O2. The Bertz CT molecular complexity index is 562. The van der Waals surface area contributed by atoms with Crippen LogP contribution < -0.4 is 0 Å². The number of nitrogens with zero attached hydrogens (tertiary/aromatic N) is 3. The maximum Gasteiger partial charge on any atom is 0.358 e. The van der Waals surface area contributed by atoms with E-state index >= 15 is 0 Å². The second kappa shape index (κ2) is 6.68. The fraction of sp³-hybridized carbons (Fsp3) is 0.357. The lowest BCUT2D eigenvalue weighted by Crippen LogP contribution is -2.01. The molecule has 0 aliphatic heterocycles. The Kier molecular flexibility index (Phi) is 5.23. The van der Waals surface area contributed by atoms with E-state index in [1.54, 1.807) is 17.0 Å². The van der Waals surface area contributed by atoms with E-state index in [0.717, 1.165) is 11.3 Å². The van der Waals surface area contributed by atoms with E-state index in [2.05, 4.69) is 14.7 Å². The number of pyridine rings is 1. The summed E-state index contributed by atoms with van der Waals surface area (Å²) in [6.45, 7) is 5.95. The topological polar surface area (TPSA) is 57.0 Å². The number of rotatable bonds is 2. The third kappa shape index (κ3) is 3.19. The molecule has 2 aromatic heterocycles. The van der Waals surface area contributed by atoms with Crippen LogP contribution in [0.15, 0.2) is 24.5 Å². The first kappa shape index (κ1) is 14.9. The molecule has 5 nitrogen and oxygen atoms in total. The summed E-state index contributed by atoms with van der Waals surface area (Å²) in [4.78, 5) is 19.9. The molecule has 0 saturated heterocycles. The van der Waals surface area contributed by atoms with Crippen LogP contribution >= 0.6 is 0 Å². The van der Waals surface area contributed by atoms with Gasteiger partial charge in [0.15, 0.2) is 11.5 Å². The SMILES string of the molecule is CC.COC(=O)c1cn(C)c(-c2ncccc2C)n1. The molecular weight excluding hydrogens is 242 g/mol. The fourth-order valence-corrected chi connectivity index (χ4v) is 1.61. The molecule has 102 valence electrons. The van der Waals surface area contributed by atoms with E-state index in [1.807, 2.05) is 40.0 Å². The van der Waals surface area contributed by atoms with Gasteiger partial charge < -0.3 is 9.30 Å². The lowest BCUT2D eigenvalue weighted by atomic mass is 10.2. The van der Waals surface area contributed by atoms with Gasteiger partial charge in [0, 0.05) is 19.4 Å². The van der Waals surface area contributed by atoms with Gasteiger partial charge in [-0.05, 0) is 18.6 Å². The normalized spacial score (nSPS) is 9.53. The van der Waals surface area contributed by atoms with Crippen molar-refractivity contribution in [2.75, 3.05) is 7.11 Å². The molecule has 0 unspecified atom stereocenters. The molecule has 0 saturated carbocycles. The van der Waals surface area contributed by atoms with Crippen LogP contribution in [0, 0.1) is 6.92 Å². The minimum atomic E-state index is -0.444. The zero-order chi connectivity index (χ0) is 14.4. The molecule has 0 spiro atoms. The lowest BCUT2D eigenvalue weighted by Gasteiger charge is -2.03. The molecule has 2 aromatic rings. The van der Waals surface area contributed by atoms with Gasteiger partial charge in [0.25, 0.3) is 0 Å². The van der Waals surface area contributed by atoms with Gasteiger partial charge in [0.1, 0.15) is 5.69 Å². The third-order valence-corrected chi connectivity index (χ3v) is 2.49. The first-order valence-corrected chi connectivity index (χ1v) is 6.17. The number of ether oxygens (including phenoxy) is 1. The van der Waals surface area contributed by atoms with Crippen molar-refractivity contribution in [3.8, 4) is 11.5 Å². The van der Waals surface area contributed by atoms with Crippen LogP contribution in [0.3, 0.4) is 0 Å². The number of hydrogen-bond acceptors (Lipinski definition) is 4. The summed E-state index contributed by atoms with van der Waals surface area (Å²) in [6, 6.07) is 3.82. The van der Waals surface area contributed by atoms with Crippen LogP contribution in [0.25, 0.3) is 11.5 Å². The summed E-state index contributed by atoms with van der Waals surface area (Å²) >= 11 is 0. The average Bonchev–Trinajstić information content (AvgIpc) is 2.83. The Morgan fingerprint density at radius 2 is 2.05 bits per heavy atom. The van der Waals surface area contributed by atoms with Crippen molar-refractivity contribution in [2.45, 2.75) is 20.8 Å². The molecule has 0 aliphatic rings. The van der Waals surface area contributed by atoms with Crippen molar-refractivity contribution >= 4 is 5.97 Å². The Labute approximate surface area is 113 Å². The predicted molar refractivity (Wildman–Crippen MR) is 73.9 cm³/mol. The van der Waals surface area contributed by atoms with Gasteiger partial charge >= 0.3 is 5.97 Å². The van der Waals surface area contributed by atoms with E-state index in [4.69, 9.17) is 0 Å². The highest BCUT2D eigenvalue weighted by Crippen LogP contribution is 2.19. The minimum absolute atomic E-state index is 0.287. The quantitative estimate of drug-likeness (QED) is 0.780. The van der Waals surface area contributed by atoms with Crippen LogP contribution in [0.2, 0.25) is 0 Å². The molecule has 5 heteroatoms. The van der Waals surface area contributed by atoms with Crippen molar-refractivity contribution in [2.24, 2.45) is 7.05 Å². The first-order chi connectivity index (χ1) is 9.13. The Hall–Kier alpha value is -2.17. The van der Waals surface area contributed by atoms with Crippen molar-refractivity contribution in [1.29, 1.82) is 0 Å². The van der Waals surface area contributed by atoms with Gasteiger partial charge in [-0.2, -0.15) is 0 Å². The summed E-state index contributed by atoms with van der Waals surface area (Å²) < 4.78 is 6.40. The van der Waals surface area contributed by atoms with Gasteiger partial charge in [-0.25, -0.2) is 9.78 Å². The third-order valence-electron chi connectivity index (χ3n) is 2.49. The maximum absolute atomic E-state index is 11.4. The zero-order valence-electron chi connectivity index (χ0n) is 12.0. The summed E-state index contributed by atoms with van der Waals surface area (Å²) in [7, 11) is 3.16. The predicted octanol–water partition coefficient (Wildman–Crippen LogP) is 2.60. The van der Waals surface area contributed by atoms with E-state index in [9.17, 15) is 4.79 Å². The van der Waals surface area contributed by atoms with Crippen LogP contribution in [0.1, 0.15) is 29.9 Å². The Morgan fingerprint density at radius 3 is 2.63 bits per heavy atom. The van der Waals surface area contributed by atoms with Crippen LogP contribution in [-0.4, -0.2) is 27.6 Å². The van der Waals surface area contributed by atoms with Crippen molar-refractivity contribution in [1.82, 2.24) is 14.5 Å². The molecule has 0 amide bonds. The second-order valence-electron chi connectivity index (χ2n) is 3.72. The number of esters is 1. The highest BCUT2D eigenvalue weighted by atomic mass is 16.5. The number of aromatic nitrogens is 3. The van der Waals surface area contributed by atoms with Crippen molar-refractivity contribution in [3.63, 3.8) is 0 Å². The summed E-state index contributed by atoms with van der Waals surface area (Å²) in [5.74, 6) is 0.212. The average molecular weight is 261 g/mol. The molecule has 0 fully saturated rings. The summed E-state index contributed by atoms with van der Waals surface area (Å²) in [5, 5.41) is 0. The smallest absolute Gasteiger partial charge is 0.358 e. The number of aryl methyl sites for hydroxylation is 2. The monoisotopic (exact) mass is 261 g/mol. The Balaban J connectivity index is 0.000000861. The summed E-state index contributed by atoms with van der Waals surface area (Å²) in [6.07, 6.45) is 3.34.